The molecule has 31 heavy (non-hydrogen) atoms. The molecular weight excluding hydrogens is 426 g/mol. The first-order valence-corrected chi connectivity index (χ1v) is 10.8. The molecule has 0 aliphatic carbocycles. The van der Waals surface area contributed by atoms with Gasteiger partial charge in [0, 0.05) is 24.8 Å². The lowest BCUT2D eigenvalue weighted by atomic mass is 10.2. The number of nitrogens with zero attached hydrogens (tertiary/aromatic N) is 3. The maximum absolute atomic E-state index is 12.3. The van der Waals surface area contributed by atoms with Crippen LogP contribution in [0.5, 0.6) is 0 Å². The number of hydrogen-bond donors (Lipinski definition) is 5. The van der Waals surface area contributed by atoms with Crippen LogP contribution in [0.15, 0.2) is 42.9 Å². The van der Waals surface area contributed by atoms with E-state index in [1.165, 1.54) is 24.7 Å². The zero-order valence-corrected chi connectivity index (χ0v) is 17.0. The van der Waals surface area contributed by atoms with Crippen molar-refractivity contribution >= 4 is 38.7 Å². The highest BCUT2D eigenvalue weighted by molar-refractivity contribution is 7.88. The summed E-state index contributed by atoms with van der Waals surface area (Å²) in [5.41, 5.74) is 13.2. The summed E-state index contributed by atoms with van der Waals surface area (Å²) >= 11 is 0. The molecule has 4 rings (SSSR count). The lowest BCUT2D eigenvalue weighted by Crippen LogP contribution is -2.45. The number of ether oxygens (including phenoxy) is 1. The number of nitrogens with two attached hydrogens (primary N) is 2. The van der Waals surface area contributed by atoms with Crippen molar-refractivity contribution in [1.29, 1.82) is 0 Å². The van der Waals surface area contributed by atoms with Gasteiger partial charge in [-0.1, -0.05) is 12.1 Å². The van der Waals surface area contributed by atoms with E-state index < -0.39 is 34.6 Å². The average Bonchev–Trinajstić information content (AvgIpc) is 3.30. The van der Waals surface area contributed by atoms with Crippen molar-refractivity contribution in [2.75, 3.05) is 18.0 Å². The molecule has 164 valence electrons. The Labute approximate surface area is 177 Å². The van der Waals surface area contributed by atoms with Crippen molar-refractivity contribution < 1.29 is 23.1 Å². The number of nitrogen functional groups attached to an aromatic ring is 2. The number of pyridine rings is 1. The van der Waals surface area contributed by atoms with Crippen LogP contribution in [0.3, 0.4) is 0 Å². The SMILES string of the molecule is Nc1ccccc1C(=O)NS(=O)(=O)NC[C@H]1O[C@@H](n2cnc3c(N)ccnc32)C[C@@H]1O. The van der Waals surface area contributed by atoms with Crippen molar-refractivity contribution in [3.8, 4) is 0 Å². The third-order valence-electron chi connectivity index (χ3n) is 4.91. The molecule has 2 aromatic heterocycles. The van der Waals surface area contributed by atoms with E-state index in [0.29, 0.717) is 16.9 Å². The molecule has 3 aromatic rings. The number of benzene rings is 1. The van der Waals surface area contributed by atoms with Crippen LogP contribution in [0.2, 0.25) is 0 Å². The van der Waals surface area contributed by atoms with Crippen LogP contribution in [-0.2, 0) is 14.9 Å². The molecule has 0 radical (unpaired) electrons. The molecule has 0 unspecified atom stereocenters. The van der Waals surface area contributed by atoms with Gasteiger partial charge < -0.3 is 21.3 Å². The molecule has 1 aliphatic rings. The lowest BCUT2D eigenvalue weighted by Gasteiger charge is -2.17. The maximum atomic E-state index is 12.3. The first-order valence-electron chi connectivity index (χ1n) is 9.32. The summed E-state index contributed by atoms with van der Waals surface area (Å²) in [5.74, 6) is -0.870. The summed E-state index contributed by atoms with van der Waals surface area (Å²) in [6.45, 7) is -0.257. The second-order valence-electron chi connectivity index (χ2n) is 7.03. The molecular formula is C18H21N7O5S. The summed E-state index contributed by atoms with van der Waals surface area (Å²) in [6.07, 6.45) is 0.824. The second-order valence-corrected chi connectivity index (χ2v) is 8.53. The minimum absolute atomic E-state index is 0.0313. The van der Waals surface area contributed by atoms with Crippen molar-refractivity contribution in [2.45, 2.75) is 24.9 Å². The van der Waals surface area contributed by atoms with Crippen LogP contribution in [0.25, 0.3) is 11.2 Å². The van der Waals surface area contributed by atoms with Gasteiger partial charge in [-0.15, -0.1) is 0 Å². The van der Waals surface area contributed by atoms with Gasteiger partial charge in [0.15, 0.2) is 5.65 Å². The molecule has 0 bridgehead atoms. The number of fused-ring (bicyclic) bond motifs is 1. The summed E-state index contributed by atoms with van der Waals surface area (Å²) < 4.78 is 36.0. The highest BCUT2D eigenvalue weighted by Gasteiger charge is 2.36. The summed E-state index contributed by atoms with van der Waals surface area (Å²) in [6, 6.07) is 7.71. The Bertz CT molecular complexity index is 1230. The Morgan fingerprint density at radius 3 is 2.77 bits per heavy atom. The van der Waals surface area contributed by atoms with Gasteiger partial charge in [-0.25, -0.2) is 14.7 Å². The molecule has 12 nitrogen and oxygen atoms in total. The number of carbonyl (C=O) groups is 1. The molecule has 1 fully saturated rings. The lowest BCUT2D eigenvalue weighted by molar-refractivity contribution is -0.0133. The number of imidazole rings is 1. The number of carbonyl (C=O) groups excluding carboxylic acids is 1. The van der Waals surface area contributed by atoms with E-state index in [1.807, 2.05) is 4.72 Å². The molecule has 1 aromatic carbocycles. The van der Waals surface area contributed by atoms with Crippen molar-refractivity contribution in [1.82, 2.24) is 24.0 Å². The second kappa shape index (κ2) is 8.11. The number of amides is 1. The molecule has 3 atom stereocenters. The smallest absolute Gasteiger partial charge is 0.301 e. The van der Waals surface area contributed by atoms with Gasteiger partial charge in [-0.2, -0.15) is 13.1 Å². The van der Waals surface area contributed by atoms with E-state index in [4.69, 9.17) is 16.2 Å². The Morgan fingerprint density at radius 2 is 2.00 bits per heavy atom. The van der Waals surface area contributed by atoms with Gasteiger partial charge >= 0.3 is 10.2 Å². The topological polar surface area (TPSA) is 187 Å². The number of para-hydroxylation sites is 1. The van der Waals surface area contributed by atoms with E-state index in [-0.39, 0.29) is 24.2 Å². The van der Waals surface area contributed by atoms with E-state index in [9.17, 15) is 18.3 Å². The van der Waals surface area contributed by atoms with Crippen LogP contribution in [0.1, 0.15) is 23.0 Å². The fourth-order valence-electron chi connectivity index (χ4n) is 3.34. The van der Waals surface area contributed by atoms with E-state index in [1.54, 1.807) is 22.8 Å². The first-order chi connectivity index (χ1) is 14.7. The number of aliphatic hydroxyl groups excluding tert-OH is 1. The minimum atomic E-state index is -4.21. The van der Waals surface area contributed by atoms with Gasteiger partial charge in [0.2, 0.25) is 0 Å². The van der Waals surface area contributed by atoms with Crippen LogP contribution < -0.4 is 20.9 Å². The van der Waals surface area contributed by atoms with E-state index >= 15 is 0 Å². The van der Waals surface area contributed by atoms with Crippen LogP contribution in [-0.4, -0.2) is 52.7 Å². The van der Waals surface area contributed by atoms with Crippen molar-refractivity contribution in [2.24, 2.45) is 0 Å². The fraction of sp³-hybridized carbons (Fsp3) is 0.278. The molecule has 7 N–H and O–H groups in total. The third-order valence-corrected chi connectivity index (χ3v) is 5.91. The van der Waals surface area contributed by atoms with E-state index in [0.717, 1.165) is 0 Å². The zero-order chi connectivity index (χ0) is 22.2. The standard InChI is InChI=1S/C18H21N7O5S/c19-11-4-2-1-3-10(11)18(27)24-31(28,29)23-8-14-13(26)7-15(30-14)25-9-22-16-12(20)5-6-21-17(16)25/h1-6,9,13-15,23,26H,7-8,19H2,(H2,20,21)(H,24,27)/t13-,14+,15+/m0/s1. The molecule has 0 saturated carbocycles. The van der Waals surface area contributed by atoms with Gasteiger partial charge in [0.25, 0.3) is 5.91 Å². The van der Waals surface area contributed by atoms with Gasteiger partial charge in [-0.05, 0) is 18.2 Å². The van der Waals surface area contributed by atoms with E-state index in [2.05, 4.69) is 14.7 Å². The number of rotatable bonds is 6. The third kappa shape index (κ3) is 4.29. The zero-order valence-electron chi connectivity index (χ0n) is 16.2. The molecule has 1 aliphatic heterocycles. The Kier molecular flexibility index (Phi) is 5.49. The van der Waals surface area contributed by atoms with Gasteiger partial charge in [0.1, 0.15) is 11.7 Å². The summed E-state index contributed by atoms with van der Waals surface area (Å²) in [7, 11) is -4.21. The molecule has 1 amide bonds. The average molecular weight is 447 g/mol. The number of hydrogen-bond acceptors (Lipinski definition) is 9. The number of nitrogens with one attached hydrogen (secondary N) is 2. The monoisotopic (exact) mass is 447 g/mol. The largest absolute Gasteiger partial charge is 0.398 e. The first kappa shape index (κ1) is 21.0. The molecule has 3 heterocycles. The highest BCUT2D eigenvalue weighted by atomic mass is 32.2. The molecule has 0 spiro atoms. The Balaban J connectivity index is 1.40. The summed E-state index contributed by atoms with van der Waals surface area (Å²) in [5, 5.41) is 10.3. The van der Waals surface area contributed by atoms with Crippen LogP contribution in [0.4, 0.5) is 11.4 Å². The highest BCUT2D eigenvalue weighted by Crippen LogP contribution is 2.31. The predicted octanol–water partition coefficient (Wildman–Crippen LogP) is -0.491. The predicted molar refractivity (Wildman–Crippen MR) is 112 cm³/mol. The van der Waals surface area contributed by atoms with Crippen LogP contribution in [0, 0.1) is 0 Å². The molecule has 1 saturated heterocycles. The number of anilines is 2. The Morgan fingerprint density at radius 1 is 1.23 bits per heavy atom. The molecule has 13 heteroatoms. The van der Waals surface area contributed by atoms with Gasteiger partial charge in [0.05, 0.1) is 29.8 Å². The minimum Gasteiger partial charge on any atom is -0.398 e. The maximum Gasteiger partial charge on any atom is 0.301 e. The number of aliphatic hydroxyl groups is 1. The normalized spacial score (nSPS) is 21.4. The van der Waals surface area contributed by atoms with Gasteiger partial charge in [-0.3, -0.25) is 9.36 Å². The van der Waals surface area contributed by atoms with Crippen molar-refractivity contribution in [3.63, 3.8) is 0 Å². The quantitative estimate of drug-likeness (QED) is 0.311. The Hall–Kier alpha value is -3.26. The fourth-order valence-corrected chi connectivity index (χ4v) is 4.15. The number of aromatic nitrogens is 3. The van der Waals surface area contributed by atoms with Crippen LogP contribution >= 0.6 is 0 Å². The van der Waals surface area contributed by atoms with Crippen molar-refractivity contribution in [3.05, 3.63) is 48.4 Å². The summed E-state index contributed by atoms with van der Waals surface area (Å²) in [4.78, 5) is 20.6.